The Balaban J connectivity index is 1.79. The van der Waals surface area contributed by atoms with Gasteiger partial charge in [-0.25, -0.2) is 0 Å². The zero-order valence-corrected chi connectivity index (χ0v) is 9.66. The third kappa shape index (κ3) is 0.581. The quantitative estimate of drug-likeness (QED) is 0.548. The molecule has 8 atom stereocenters. The van der Waals surface area contributed by atoms with Gasteiger partial charge in [0.15, 0.2) is 0 Å². The van der Waals surface area contributed by atoms with Gasteiger partial charge in [0.1, 0.15) is 0 Å². The average Bonchev–Trinajstić information content (AvgIpc) is 2.21. The summed E-state index contributed by atoms with van der Waals surface area (Å²) >= 11 is 0. The molecule has 14 heavy (non-hydrogen) atoms. The third-order valence-electron chi connectivity index (χ3n) is 7.27. The zero-order chi connectivity index (χ0) is 9.66. The van der Waals surface area contributed by atoms with Crippen LogP contribution in [0.5, 0.6) is 0 Å². The molecule has 0 aromatic rings. The molecule has 4 fully saturated rings. The highest BCUT2D eigenvalue weighted by Gasteiger charge is 2.71. The zero-order valence-electron chi connectivity index (χ0n) is 9.66. The standard InChI is InChI=1S/C14H22/c1-7-4-10-8(2)11-5-9-6-12(13(10)11)14(7,9)3/h7-13H,4-6H2,1-3H3. The fraction of sp³-hybridized carbons (Fsp3) is 1.00. The van der Waals surface area contributed by atoms with E-state index in [4.69, 9.17) is 0 Å². The molecular weight excluding hydrogens is 168 g/mol. The van der Waals surface area contributed by atoms with Crippen molar-refractivity contribution in [1.29, 1.82) is 0 Å². The molecule has 0 aromatic carbocycles. The Morgan fingerprint density at radius 1 is 1.00 bits per heavy atom. The van der Waals surface area contributed by atoms with Gasteiger partial charge in [0, 0.05) is 0 Å². The van der Waals surface area contributed by atoms with E-state index in [1.807, 2.05) is 0 Å². The summed E-state index contributed by atoms with van der Waals surface area (Å²) in [6, 6.07) is 0. The van der Waals surface area contributed by atoms with Gasteiger partial charge in [-0.05, 0) is 66.1 Å². The first kappa shape index (κ1) is 8.19. The highest BCUT2D eigenvalue weighted by Crippen LogP contribution is 2.77. The van der Waals surface area contributed by atoms with E-state index in [1.54, 1.807) is 19.3 Å². The van der Waals surface area contributed by atoms with Crippen molar-refractivity contribution in [2.45, 2.75) is 40.0 Å². The van der Waals surface area contributed by atoms with Crippen LogP contribution in [0, 0.1) is 46.8 Å². The maximum Gasteiger partial charge on any atom is -0.0240 e. The molecule has 4 rings (SSSR count). The molecule has 0 heterocycles. The molecule has 4 aliphatic carbocycles. The summed E-state index contributed by atoms with van der Waals surface area (Å²) in [4.78, 5) is 0. The summed E-state index contributed by atoms with van der Waals surface area (Å²) < 4.78 is 0. The molecule has 78 valence electrons. The predicted octanol–water partition coefficient (Wildman–Crippen LogP) is 3.57. The first-order chi connectivity index (χ1) is 6.64. The van der Waals surface area contributed by atoms with Gasteiger partial charge in [-0.15, -0.1) is 0 Å². The molecule has 0 aliphatic heterocycles. The smallest absolute Gasteiger partial charge is 0.0240 e. The number of rotatable bonds is 0. The molecule has 4 saturated carbocycles. The molecule has 0 heteroatoms. The SMILES string of the molecule is CC1C2CC(C)C3(C)C4CC1C2C3C4. The van der Waals surface area contributed by atoms with E-state index in [0.29, 0.717) is 0 Å². The Bertz CT molecular complexity index is 288. The lowest BCUT2D eigenvalue weighted by Crippen LogP contribution is -2.71. The second-order valence-electron chi connectivity index (χ2n) is 7.04. The number of hydrogen-bond donors (Lipinski definition) is 0. The lowest BCUT2D eigenvalue weighted by atomic mass is 9.28. The van der Waals surface area contributed by atoms with Crippen LogP contribution in [0.4, 0.5) is 0 Å². The van der Waals surface area contributed by atoms with Crippen molar-refractivity contribution in [2.24, 2.45) is 46.8 Å². The molecule has 4 aliphatic rings. The maximum atomic E-state index is 2.62. The van der Waals surface area contributed by atoms with Crippen molar-refractivity contribution >= 4 is 0 Å². The lowest BCUT2D eigenvalue weighted by Gasteiger charge is -2.77. The normalized spacial score (nSPS) is 73.5. The lowest BCUT2D eigenvalue weighted by molar-refractivity contribution is -0.287. The molecule has 0 N–H and O–H groups in total. The van der Waals surface area contributed by atoms with E-state index >= 15 is 0 Å². The second kappa shape index (κ2) is 2.08. The average molecular weight is 190 g/mol. The van der Waals surface area contributed by atoms with Crippen LogP contribution in [-0.4, -0.2) is 0 Å². The summed E-state index contributed by atoms with van der Waals surface area (Å²) in [6.07, 6.45) is 4.76. The van der Waals surface area contributed by atoms with Crippen molar-refractivity contribution in [2.75, 3.05) is 0 Å². The highest BCUT2D eigenvalue weighted by molar-refractivity contribution is 5.19. The van der Waals surface area contributed by atoms with Crippen LogP contribution in [0.15, 0.2) is 0 Å². The largest absolute Gasteiger partial charge is 0.0620 e. The second-order valence-corrected chi connectivity index (χ2v) is 7.04. The minimum atomic E-state index is 0.789. The Morgan fingerprint density at radius 2 is 1.71 bits per heavy atom. The fourth-order valence-electron chi connectivity index (χ4n) is 6.17. The molecule has 0 spiro atoms. The molecule has 0 aromatic heterocycles. The van der Waals surface area contributed by atoms with E-state index in [9.17, 15) is 0 Å². The summed E-state index contributed by atoms with van der Waals surface area (Å²) in [5.74, 6) is 7.84. The van der Waals surface area contributed by atoms with Gasteiger partial charge in [0.05, 0.1) is 0 Å². The van der Waals surface area contributed by atoms with Gasteiger partial charge in [0.2, 0.25) is 0 Å². The van der Waals surface area contributed by atoms with E-state index < -0.39 is 0 Å². The van der Waals surface area contributed by atoms with Crippen molar-refractivity contribution in [3.05, 3.63) is 0 Å². The monoisotopic (exact) mass is 190 g/mol. The molecule has 0 saturated heterocycles. The molecule has 4 bridgehead atoms. The van der Waals surface area contributed by atoms with Crippen LogP contribution in [0.25, 0.3) is 0 Å². The van der Waals surface area contributed by atoms with E-state index in [0.717, 1.165) is 40.9 Å². The van der Waals surface area contributed by atoms with Crippen molar-refractivity contribution in [3.63, 3.8) is 0 Å². The Labute approximate surface area is 87.5 Å². The van der Waals surface area contributed by atoms with E-state index in [1.165, 1.54) is 5.92 Å². The van der Waals surface area contributed by atoms with Crippen LogP contribution in [0.2, 0.25) is 0 Å². The summed E-state index contributed by atoms with van der Waals surface area (Å²) in [6.45, 7) is 7.69. The van der Waals surface area contributed by atoms with E-state index in [-0.39, 0.29) is 0 Å². The van der Waals surface area contributed by atoms with Crippen molar-refractivity contribution in [1.82, 2.24) is 0 Å². The first-order valence-electron chi connectivity index (χ1n) is 6.64. The Hall–Kier alpha value is 0. The summed E-state index contributed by atoms with van der Waals surface area (Å²) in [5.41, 5.74) is 0.789. The van der Waals surface area contributed by atoms with Gasteiger partial charge in [0.25, 0.3) is 0 Å². The Kier molecular flexibility index (Phi) is 1.22. The third-order valence-corrected chi connectivity index (χ3v) is 7.27. The summed E-state index contributed by atoms with van der Waals surface area (Å²) in [5, 5.41) is 0. The number of hydrogen-bond acceptors (Lipinski definition) is 0. The Morgan fingerprint density at radius 3 is 2.50 bits per heavy atom. The van der Waals surface area contributed by atoms with Gasteiger partial charge < -0.3 is 0 Å². The van der Waals surface area contributed by atoms with Crippen LogP contribution < -0.4 is 0 Å². The highest BCUT2D eigenvalue weighted by atomic mass is 14.8. The predicted molar refractivity (Wildman–Crippen MR) is 57.7 cm³/mol. The molecule has 0 amide bonds. The van der Waals surface area contributed by atoms with Crippen LogP contribution in [-0.2, 0) is 0 Å². The van der Waals surface area contributed by atoms with Crippen LogP contribution in [0.3, 0.4) is 0 Å². The maximum absolute atomic E-state index is 2.62. The summed E-state index contributed by atoms with van der Waals surface area (Å²) in [7, 11) is 0. The van der Waals surface area contributed by atoms with Gasteiger partial charge in [-0.2, -0.15) is 0 Å². The van der Waals surface area contributed by atoms with Crippen molar-refractivity contribution in [3.8, 4) is 0 Å². The van der Waals surface area contributed by atoms with Gasteiger partial charge in [-0.3, -0.25) is 0 Å². The molecule has 8 unspecified atom stereocenters. The minimum Gasteiger partial charge on any atom is -0.0620 e. The molecular formula is C14H22. The van der Waals surface area contributed by atoms with Crippen LogP contribution in [0.1, 0.15) is 40.0 Å². The fourth-order valence-corrected chi connectivity index (χ4v) is 6.17. The topological polar surface area (TPSA) is 0 Å². The van der Waals surface area contributed by atoms with Crippen LogP contribution >= 0.6 is 0 Å². The molecule has 0 nitrogen and oxygen atoms in total. The minimum absolute atomic E-state index is 0.789. The van der Waals surface area contributed by atoms with E-state index in [2.05, 4.69) is 20.8 Å². The first-order valence-corrected chi connectivity index (χ1v) is 6.64. The molecule has 0 radical (unpaired) electrons. The van der Waals surface area contributed by atoms with Gasteiger partial charge >= 0.3 is 0 Å². The van der Waals surface area contributed by atoms with Gasteiger partial charge in [-0.1, -0.05) is 20.8 Å². The van der Waals surface area contributed by atoms with Crippen molar-refractivity contribution < 1.29 is 0 Å².